The number of amides is 1. The van der Waals surface area contributed by atoms with E-state index in [0.29, 0.717) is 10.7 Å². The van der Waals surface area contributed by atoms with E-state index in [2.05, 4.69) is 20.3 Å². The fourth-order valence-corrected chi connectivity index (χ4v) is 3.92. The van der Waals surface area contributed by atoms with Crippen molar-refractivity contribution < 1.29 is 22.7 Å². The predicted molar refractivity (Wildman–Crippen MR) is 101 cm³/mol. The molecule has 0 aliphatic carbocycles. The highest BCUT2D eigenvalue weighted by molar-refractivity contribution is 8.00. The Morgan fingerprint density at radius 2 is 1.75 bits per heavy atom. The fraction of sp³-hybridized carbons (Fsp3) is 0.167. The summed E-state index contributed by atoms with van der Waals surface area (Å²) >= 11 is 2.78. The molecule has 0 saturated carbocycles. The van der Waals surface area contributed by atoms with Gasteiger partial charge in [-0.25, -0.2) is 0 Å². The first-order valence-corrected chi connectivity index (χ1v) is 9.82. The van der Waals surface area contributed by atoms with Crippen LogP contribution in [0.2, 0.25) is 0 Å². The van der Waals surface area contributed by atoms with E-state index in [-0.39, 0.29) is 18.1 Å². The highest BCUT2D eigenvalue weighted by Gasteiger charge is 2.30. The number of hydrogen-bond donors (Lipinski definition) is 1. The molecular formula is C18H14F3N3O2S2. The number of thioether (sulfide) groups is 1. The van der Waals surface area contributed by atoms with Crippen LogP contribution in [0.4, 0.5) is 18.3 Å². The monoisotopic (exact) mass is 425 g/mol. The van der Waals surface area contributed by atoms with Crippen LogP contribution in [0.5, 0.6) is 5.75 Å². The molecule has 28 heavy (non-hydrogen) atoms. The Hall–Kier alpha value is -2.59. The molecule has 1 heterocycles. The second-order valence-electron chi connectivity index (χ2n) is 5.56. The summed E-state index contributed by atoms with van der Waals surface area (Å²) < 4.78 is 41.0. The van der Waals surface area contributed by atoms with Gasteiger partial charge in [0.15, 0.2) is 4.34 Å². The lowest BCUT2D eigenvalue weighted by Crippen LogP contribution is -2.17. The molecule has 1 amide bonds. The molecule has 146 valence electrons. The molecule has 0 bridgehead atoms. The Balaban J connectivity index is 1.49. The Bertz CT molecular complexity index is 916. The van der Waals surface area contributed by atoms with Gasteiger partial charge in [0.25, 0.3) is 0 Å². The molecule has 10 heteroatoms. The zero-order chi connectivity index (χ0) is 20.0. The Kier molecular flexibility index (Phi) is 6.53. The molecule has 3 aromatic rings. The molecule has 0 radical (unpaired) electrons. The van der Waals surface area contributed by atoms with E-state index in [1.165, 1.54) is 47.4 Å². The lowest BCUT2D eigenvalue weighted by atomic mass is 10.1. The first kappa shape index (κ1) is 20.2. The summed E-state index contributed by atoms with van der Waals surface area (Å²) in [7, 11) is 0. The van der Waals surface area contributed by atoms with Gasteiger partial charge in [-0.3, -0.25) is 4.79 Å². The van der Waals surface area contributed by atoms with E-state index < -0.39 is 6.36 Å². The summed E-state index contributed by atoms with van der Waals surface area (Å²) in [5, 5.41) is 11.0. The lowest BCUT2D eigenvalue weighted by Gasteiger charge is -2.09. The van der Waals surface area contributed by atoms with Crippen LogP contribution in [0.1, 0.15) is 11.1 Å². The Labute approximate surface area is 166 Å². The topological polar surface area (TPSA) is 64.1 Å². The van der Waals surface area contributed by atoms with E-state index in [1.54, 1.807) is 0 Å². The van der Waals surface area contributed by atoms with Gasteiger partial charge in [-0.1, -0.05) is 65.6 Å². The molecule has 1 aromatic heterocycles. The number of alkyl halides is 3. The third kappa shape index (κ3) is 6.54. The minimum Gasteiger partial charge on any atom is -0.406 e. The van der Waals surface area contributed by atoms with Crippen molar-refractivity contribution in [2.45, 2.75) is 22.9 Å². The zero-order valence-electron chi connectivity index (χ0n) is 14.3. The third-order valence-corrected chi connectivity index (χ3v) is 5.42. The van der Waals surface area contributed by atoms with Crippen molar-refractivity contribution in [1.82, 2.24) is 10.2 Å². The molecule has 0 aliphatic rings. The molecule has 0 unspecified atom stereocenters. The van der Waals surface area contributed by atoms with Crippen LogP contribution >= 0.6 is 23.1 Å². The molecular weight excluding hydrogens is 411 g/mol. The smallest absolute Gasteiger partial charge is 0.406 e. The minimum atomic E-state index is -4.74. The Morgan fingerprint density at radius 3 is 2.43 bits per heavy atom. The van der Waals surface area contributed by atoms with Crippen molar-refractivity contribution in [2.24, 2.45) is 0 Å². The highest BCUT2D eigenvalue weighted by atomic mass is 32.2. The quantitative estimate of drug-likeness (QED) is 0.430. The van der Waals surface area contributed by atoms with Crippen molar-refractivity contribution in [3.8, 4) is 5.75 Å². The number of carbonyl (C=O) groups is 1. The molecule has 0 aliphatic heterocycles. The van der Waals surface area contributed by atoms with Crippen LogP contribution in [0.25, 0.3) is 0 Å². The van der Waals surface area contributed by atoms with Gasteiger partial charge in [0, 0.05) is 5.75 Å². The maximum absolute atomic E-state index is 12.1. The number of ether oxygens (including phenoxy) is 1. The first-order chi connectivity index (χ1) is 13.4. The van der Waals surface area contributed by atoms with Gasteiger partial charge < -0.3 is 10.1 Å². The van der Waals surface area contributed by atoms with E-state index >= 15 is 0 Å². The molecule has 2 aromatic carbocycles. The van der Waals surface area contributed by atoms with Gasteiger partial charge in [0.1, 0.15) is 5.75 Å². The van der Waals surface area contributed by atoms with Crippen molar-refractivity contribution in [3.63, 3.8) is 0 Å². The van der Waals surface area contributed by atoms with E-state index in [1.807, 2.05) is 30.3 Å². The van der Waals surface area contributed by atoms with Crippen LogP contribution in [0.3, 0.4) is 0 Å². The first-order valence-electron chi connectivity index (χ1n) is 8.02. The largest absolute Gasteiger partial charge is 0.573 e. The van der Waals surface area contributed by atoms with Gasteiger partial charge in [0.05, 0.1) is 6.42 Å². The number of hydrogen-bond acceptors (Lipinski definition) is 6. The number of benzene rings is 2. The maximum atomic E-state index is 12.1. The van der Waals surface area contributed by atoms with Crippen molar-refractivity contribution in [1.29, 1.82) is 0 Å². The summed E-state index contributed by atoms with van der Waals surface area (Å²) in [6, 6.07) is 15.0. The molecule has 0 spiro atoms. The third-order valence-electron chi connectivity index (χ3n) is 3.38. The molecule has 0 fully saturated rings. The van der Waals surface area contributed by atoms with E-state index in [9.17, 15) is 18.0 Å². The van der Waals surface area contributed by atoms with Crippen molar-refractivity contribution >= 4 is 34.1 Å². The number of halogens is 3. The van der Waals surface area contributed by atoms with Crippen molar-refractivity contribution in [3.05, 3.63) is 65.7 Å². The molecule has 3 rings (SSSR count). The molecule has 0 atom stereocenters. The lowest BCUT2D eigenvalue weighted by molar-refractivity contribution is -0.274. The normalized spacial score (nSPS) is 11.2. The minimum absolute atomic E-state index is 0.00162. The number of anilines is 1. The SMILES string of the molecule is O=C(Cc1ccc(OC(F)(F)F)cc1)Nc1nnc(SCc2ccccc2)s1. The van der Waals surface area contributed by atoms with Gasteiger partial charge >= 0.3 is 6.36 Å². The number of nitrogens with zero attached hydrogens (tertiary/aromatic N) is 2. The standard InChI is InChI=1S/C18H14F3N3O2S2/c19-18(20,21)26-14-8-6-12(7-9-14)10-15(25)22-16-23-24-17(28-16)27-11-13-4-2-1-3-5-13/h1-9H,10-11H2,(H,22,23,25). The summed E-state index contributed by atoms with van der Waals surface area (Å²) in [6.45, 7) is 0. The maximum Gasteiger partial charge on any atom is 0.573 e. The number of nitrogens with one attached hydrogen (secondary N) is 1. The van der Waals surface area contributed by atoms with Crippen LogP contribution < -0.4 is 10.1 Å². The van der Waals surface area contributed by atoms with Gasteiger partial charge in [-0.15, -0.1) is 23.4 Å². The Morgan fingerprint density at radius 1 is 1.04 bits per heavy atom. The molecule has 5 nitrogen and oxygen atoms in total. The number of carbonyl (C=O) groups excluding carboxylic acids is 1. The molecule has 1 N–H and O–H groups in total. The van der Waals surface area contributed by atoms with E-state index in [0.717, 1.165) is 15.7 Å². The fourth-order valence-electron chi connectivity index (χ4n) is 2.20. The molecule has 0 saturated heterocycles. The van der Waals surface area contributed by atoms with Gasteiger partial charge in [0.2, 0.25) is 11.0 Å². The van der Waals surface area contributed by atoms with E-state index in [4.69, 9.17) is 0 Å². The van der Waals surface area contributed by atoms with Crippen molar-refractivity contribution in [2.75, 3.05) is 5.32 Å². The van der Waals surface area contributed by atoms with Crippen LogP contribution in [0, 0.1) is 0 Å². The summed E-state index contributed by atoms with van der Waals surface area (Å²) in [4.78, 5) is 12.1. The zero-order valence-corrected chi connectivity index (χ0v) is 15.9. The summed E-state index contributed by atoms with van der Waals surface area (Å²) in [5.41, 5.74) is 1.71. The summed E-state index contributed by atoms with van der Waals surface area (Å²) in [6.07, 6.45) is -4.74. The highest BCUT2D eigenvalue weighted by Crippen LogP contribution is 2.28. The van der Waals surface area contributed by atoms with Gasteiger partial charge in [-0.2, -0.15) is 0 Å². The average molecular weight is 425 g/mol. The number of aromatic nitrogens is 2. The number of rotatable bonds is 7. The summed E-state index contributed by atoms with van der Waals surface area (Å²) in [5.74, 6) is 0.0802. The second kappa shape index (κ2) is 9.07. The predicted octanol–water partition coefficient (Wildman–Crippen LogP) is 4.91. The van der Waals surface area contributed by atoms with Crippen LogP contribution in [-0.4, -0.2) is 22.5 Å². The van der Waals surface area contributed by atoms with Gasteiger partial charge in [-0.05, 0) is 23.3 Å². The second-order valence-corrected chi connectivity index (χ2v) is 7.76. The average Bonchev–Trinajstić information content (AvgIpc) is 3.08. The van der Waals surface area contributed by atoms with Crippen LogP contribution in [-0.2, 0) is 17.0 Å². The van der Waals surface area contributed by atoms with Crippen LogP contribution in [0.15, 0.2) is 58.9 Å².